The standard InChI is InChI=1S/C15H14ClN3O2/c1-15(2)7-12(10-4-3-5-18-13(10)21-15)19-8-9(17)6-11(16)14(19)20/h3-8H,17H2,1-2H3. The Kier molecular flexibility index (Phi) is 3.02. The van der Waals surface area contributed by atoms with E-state index in [4.69, 9.17) is 22.1 Å². The maximum atomic E-state index is 12.3. The van der Waals surface area contributed by atoms with Crippen LogP contribution in [0, 0.1) is 0 Å². The molecule has 2 N–H and O–H groups in total. The molecule has 2 aromatic rings. The van der Waals surface area contributed by atoms with Crippen LogP contribution >= 0.6 is 11.6 Å². The molecule has 21 heavy (non-hydrogen) atoms. The summed E-state index contributed by atoms with van der Waals surface area (Å²) in [6.07, 6.45) is 5.05. The van der Waals surface area contributed by atoms with Gasteiger partial charge in [-0.3, -0.25) is 9.36 Å². The molecular formula is C15H14ClN3O2. The summed E-state index contributed by atoms with van der Waals surface area (Å²) < 4.78 is 7.24. The van der Waals surface area contributed by atoms with E-state index in [9.17, 15) is 4.79 Å². The highest BCUT2D eigenvalue weighted by molar-refractivity contribution is 6.30. The predicted octanol–water partition coefficient (Wildman–Crippen LogP) is 2.54. The van der Waals surface area contributed by atoms with Crippen LogP contribution in [0.2, 0.25) is 5.02 Å². The van der Waals surface area contributed by atoms with Crippen LogP contribution in [-0.4, -0.2) is 15.2 Å². The maximum absolute atomic E-state index is 12.3. The molecular weight excluding hydrogens is 290 g/mol. The van der Waals surface area contributed by atoms with Gasteiger partial charge < -0.3 is 10.5 Å². The summed E-state index contributed by atoms with van der Waals surface area (Å²) in [6, 6.07) is 5.07. The van der Waals surface area contributed by atoms with Crippen LogP contribution in [0.5, 0.6) is 5.88 Å². The van der Waals surface area contributed by atoms with Gasteiger partial charge in [0.1, 0.15) is 10.6 Å². The van der Waals surface area contributed by atoms with Gasteiger partial charge in [-0.2, -0.15) is 0 Å². The number of halogens is 1. The smallest absolute Gasteiger partial charge is 0.273 e. The van der Waals surface area contributed by atoms with Gasteiger partial charge in [-0.25, -0.2) is 4.98 Å². The largest absolute Gasteiger partial charge is 0.467 e. The van der Waals surface area contributed by atoms with Crippen molar-refractivity contribution in [3.8, 4) is 5.88 Å². The number of nitrogen functional groups attached to an aromatic ring is 1. The molecule has 0 aliphatic carbocycles. The van der Waals surface area contributed by atoms with E-state index in [-0.39, 0.29) is 10.6 Å². The first-order chi connectivity index (χ1) is 9.87. The van der Waals surface area contributed by atoms with E-state index in [0.717, 1.165) is 5.56 Å². The second kappa shape index (κ2) is 4.63. The van der Waals surface area contributed by atoms with Crippen LogP contribution in [0.3, 0.4) is 0 Å². The van der Waals surface area contributed by atoms with Gasteiger partial charge >= 0.3 is 0 Å². The lowest BCUT2D eigenvalue weighted by atomic mass is 10.0. The molecule has 0 radical (unpaired) electrons. The van der Waals surface area contributed by atoms with Crippen molar-refractivity contribution in [2.24, 2.45) is 0 Å². The van der Waals surface area contributed by atoms with E-state index in [1.54, 1.807) is 18.5 Å². The van der Waals surface area contributed by atoms with E-state index < -0.39 is 5.60 Å². The number of hydrogen-bond acceptors (Lipinski definition) is 4. The van der Waals surface area contributed by atoms with Crippen LogP contribution < -0.4 is 16.0 Å². The minimum atomic E-state index is -0.590. The Hall–Kier alpha value is -2.27. The molecule has 108 valence electrons. The number of nitrogens with two attached hydrogens (primary N) is 1. The first-order valence-corrected chi connectivity index (χ1v) is 6.80. The quantitative estimate of drug-likeness (QED) is 0.879. The van der Waals surface area contributed by atoms with Gasteiger partial charge in [0, 0.05) is 12.4 Å². The molecule has 3 heterocycles. The number of aromatic nitrogens is 2. The SMILES string of the molecule is CC1(C)C=C(n2cc(N)cc(Cl)c2=O)c2cccnc2O1. The van der Waals surface area contributed by atoms with Crippen LogP contribution in [0.25, 0.3) is 5.70 Å². The van der Waals surface area contributed by atoms with Gasteiger partial charge in [0.15, 0.2) is 0 Å². The number of nitrogens with zero attached hydrogens (tertiary/aromatic N) is 2. The maximum Gasteiger partial charge on any atom is 0.273 e. The fourth-order valence-electron chi connectivity index (χ4n) is 2.30. The lowest BCUT2D eigenvalue weighted by molar-refractivity contribution is 0.149. The summed E-state index contributed by atoms with van der Waals surface area (Å²) in [6.45, 7) is 3.78. The van der Waals surface area contributed by atoms with Crippen molar-refractivity contribution < 1.29 is 4.74 Å². The first-order valence-electron chi connectivity index (χ1n) is 6.43. The Balaban J connectivity index is 2.30. The predicted molar refractivity (Wildman–Crippen MR) is 82.4 cm³/mol. The Morgan fingerprint density at radius 1 is 1.43 bits per heavy atom. The molecule has 3 rings (SSSR count). The number of rotatable bonds is 1. The zero-order valence-electron chi connectivity index (χ0n) is 11.6. The van der Waals surface area contributed by atoms with Crippen molar-refractivity contribution in [3.05, 3.63) is 57.6 Å². The Bertz CT molecular complexity index is 809. The lowest BCUT2D eigenvalue weighted by Crippen LogP contribution is -2.32. The van der Waals surface area contributed by atoms with E-state index in [0.29, 0.717) is 17.3 Å². The molecule has 0 amide bonds. The van der Waals surface area contributed by atoms with Gasteiger partial charge in [0.05, 0.1) is 16.9 Å². The molecule has 0 aromatic carbocycles. The van der Waals surface area contributed by atoms with Gasteiger partial charge in [-0.1, -0.05) is 11.6 Å². The Morgan fingerprint density at radius 3 is 2.95 bits per heavy atom. The summed E-state index contributed by atoms with van der Waals surface area (Å²) in [7, 11) is 0. The number of pyridine rings is 2. The minimum Gasteiger partial charge on any atom is -0.467 e. The van der Waals surface area contributed by atoms with E-state index in [1.807, 2.05) is 26.0 Å². The fraction of sp³-hybridized carbons (Fsp3) is 0.200. The van der Waals surface area contributed by atoms with Gasteiger partial charge in [-0.15, -0.1) is 0 Å². The monoisotopic (exact) mass is 303 g/mol. The molecule has 0 unspecified atom stereocenters. The van der Waals surface area contributed by atoms with Crippen molar-refractivity contribution in [2.75, 3.05) is 5.73 Å². The topological polar surface area (TPSA) is 70.1 Å². The highest BCUT2D eigenvalue weighted by atomic mass is 35.5. The highest BCUT2D eigenvalue weighted by Crippen LogP contribution is 2.34. The number of fused-ring (bicyclic) bond motifs is 1. The first kappa shape index (κ1) is 13.7. The van der Waals surface area contributed by atoms with Crippen molar-refractivity contribution in [1.29, 1.82) is 0 Å². The van der Waals surface area contributed by atoms with Crippen LogP contribution in [0.4, 0.5) is 5.69 Å². The van der Waals surface area contributed by atoms with E-state index >= 15 is 0 Å². The van der Waals surface area contributed by atoms with Crippen molar-refractivity contribution >= 4 is 23.0 Å². The number of hydrogen-bond donors (Lipinski definition) is 1. The summed E-state index contributed by atoms with van der Waals surface area (Å²) in [5.41, 5.74) is 6.68. The summed E-state index contributed by atoms with van der Waals surface area (Å²) in [5.74, 6) is 0.477. The normalized spacial score (nSPS) is 15.9. The van der Waals surface area contributed by atoms with Gasteiger partial charge in [0.25, 0.3) is 5.56 Å². The highest BCUT2D eigenvalue weighted by Gasteiger charge is 2.28. The lowest BCUT2D eigenvalue weighted by Gasteiger charge is -2.30. The zero-order valence-corrected chi connectivity index (χ0v) is 12.4. The fourth-order valence-corrected chi connectivity index (χ4v) is 2.52. The molecule has 0 fully saturated rings. The van der Waals surface area contributed by atoms with Crippen molar-refractivity contribution in [2.45, 2.75) is 19.4 Å². The third-order valence-corrected chi connectivity index (χ3v) is 3.42. The van der Waals surface area contributed by atoms with E-state index in [1.165, 1.54) is 10.6 Å². The Labute approximate surface area is 126 Å². The average Bonchev–Trinajstić information content (AvgIpc) is 2.41. The molecule has 1 aliphatic rings. The Morgan fingerprint density at radius 2 is 2.19 bits per heavy atom. The molecule has 0 saturated carbocycles. The third kappa shape index (κ3) is 2.40. The molecule has 0 atom stereocenters. The molecule has 5 nitrogen and oxygen atoms in total. The molecule has 0 bridgehead atoms. The molecule has 2 aromatic heterocycles. The molecule has 0 spiro atoms. The average molecular weight is 304 g/mol. The molecule has 0 saturated heterocycles. The van der Waals surface area contributed by atoms with Gasteiger partial charge in [0.2, 0.25) is 5.88 Å². The van der Waals surface area contributed by atoms with Crippen molar-refractivity contribution in [3.63, 3.8) is 0 Å². The summed E-state index contributed by atoms with van der Waals surface area (Å²) in [4.78, 5) is 16.5. The van der Waals surface area contributed by atoms with Crippen LogP contribution in [0.1, 0.15) is 19.4 Å². The number of anilines is 1. The third-order valence-electron chi connectivity index (χ3n) is 3.15. The van der Waals surface area contributed by atoms with Crippen LogP contribution in [0.15, 0.2) is 41.5 Å². The van der Waals surface area contributed by atoms with Crippen LogP contribution in [-0.2, 0) is 0 Å². The zero-order chi connectivity index (χ0) is 15.2. The number of ether oxygens (including phenoxy) is 1. The second-order valence-corrected chi connectivity index (χ2v) is 5.79. The minimum absolute atomic E-state index is 0.0747. The molecule has 6 heteroatoms. The van der Waals surface area contributed by atoms with Gasteiger partial charge in [-0.05, 0) is 38.1 Å². The summed E-state index contributed by atoms with van der Waals surface area (Å²) in [5, 5.41) is 0.0747. The van der Waals surface area contributed by atoms with Crippen molar-refractivity contribution in [1.82, 2.24) is 9.55 Å². The second-order valence-electron chi connectivity index (χ2n) is 5.39. The molecule has 1 aliphatic heterocycles. The summed E-state index contributed by atoms with van der Waals surface area (Å²) >= 11 is 5.95. The van der Waals surface area contributed by atoms with E-state index in [2.05, 4.69) is 4.98 Å².